The molecular weight excluding hydrogens is 212 g/mol. The minimum atomic E-state index is 0.368. The van der Waals surface area contributed by atoms with Crippen LogP contribution in [0.3, 0.4) is 0 Å². The van der Waals surface area contributed by atoms with Crippen molar-refractivity contribution in [2.24, 2.45) is 5.73 Å². The van der Waals surface area contributed by atoms with Gasteiger partial charge in [-0.1, -0.05) is 19.1 Å². The fourth-order valence-electron chi connectivity index (χ4n) is 2.12. The smallest absolute Gasteiger partial charge is 0.119 e. The quantitative estimate of drug-likeness (QED) is 0.822. The van der Waals surface area contributed by atoms with Crippen molar-refractivity contribution in [3.63, 3.8) is 0 Å². The molecule has 17 heavy (non-hydrogen) atoms. The highest BCUT2D eigenvalue weighted by Crippen LogP contribution is 2.23. The molecule has 96 valence electrons. The van der Waals surface area contributed by atoms with E-state index in [0.717, 1.165) is 5.75 Å². The molecule has 2 N–H and O–H groups in total. The summed E-state index contributed by atoms with van der Waals surface area (Å²) in [6.45, 7) is 5.58. The highest BCUT2D eigenvalue weighted by atomic mass is 16.5. The zero-order valence-electron chi connectivity index (χ0n) is 11.3. The Bertz CT molecular complexity index is 321. The molecule has 0 amide bonds. The molecule has 0 aliphatic carbocycles. The van der Waals surface area contributed by atoms with Gasteiger partial charge >= 0.3 is 0 Å². The third kappa shape index (κ3) is 3.72. The Morgan fingerprint density at radius 2 is 1.82 bits per heavy atom. The van der Waals surface area contributed by atoms with Crippen molar-refractivity contribution < 1.29 is 4.74 Å². The lowest BCUT2D eigenvalue weighted by Crippen LogP contribution is -2.39. The lowest BCUT2D eigenvalue weighted by Gasteiger charge is -2.29. The van der Waals surface area contributed by atoms with Crippen molar-refractivity contribution in [3.8, 4) is 5.75 Å². The molecule has 0 aromatic heterocycles. The zero-order chi connectivity index (χ0) is 12.8. The summed E-state index contributed by atoms with van der Waals surface area (Å²) in [7, 11) is 4.14. The van der Waals surface area contributed by atoms with E-state index in [1.165, 1.54) is 5.56 Å². The molecular formula is C14H24N2O. The van der Waals surface area contributed by atoms with Gasteiger partial charge in [-0.2, -0.15) is 0 Å². The largest absolute Gasteiger partial charge is 0.494 e. The molecule has 2 atom stereocenters. The summed E-state index contributed by atoms with van der Waals surface area (Å²) in [5.74, 6) is 1.35. The van der Waals surface area contributed by atoms with Crippen molar-refractivity contribution >= 4 is 0 Å². The molecule has 0 radical (unpaired) electrons. The third-order valence-corrected chi connectivity index (χ3v) is 3.20. The molecule has 2 unspecified atom stereocenters. The molecule has 1 aromatic carbocycles. The first kappa shape index (κ1) is 14.0. The normalized spacial score (nSPS) is 14.7. The fraction of sp³-hybridized carbons (Fsp3) is 0.571. The number of nitrogens with zero attached hydrogens (tertiary/aromatic N) is 1. The van der Waals surface area contributed by atoms with Crippen LogP contribution in [0.4, 0.5) is 0 Å². The molecule has 3 nitrogen and oxygen atoms in total. The van der Waals surface area contributed by atoms with Gasteiger partial charge in [0.15, 0.2) is 0 Å². The summed E-state index contributed by atoms with van der Waals surface area (Å²) >= 11 is 0. The van der Waals surface area contributed by atoms with Crippen LogP contribution in [0, 0.1) is 0 Å². The summed E-state index contributed by atoms with van der Waals surface area (Å²) in [5, 5.41) is 0. The lowest BCUT2D eigenvalue weighted by atomic mass is 9.92. The Balaban J connectivity index is 2.77. The van der Waals surface area contributed by atoms with Crippen LogP contribution in [0.2, 0.25) is 0 Å². The van der Waals surface area contributed by atoms with E-state index in [2.05, 4.69) is 38.1 Å². The van der Waals surface area contributed by atoms with Gasteiger partial charge in [-0.05, 0) is 44.6 Å². The monoisotopic (exact) mass is 236 g/mol. The van der Waals surface area contributed by atoms with Crippen molar-refractivity contribution in [1.29, 1.82) is 0 Å². The minimum absolute atomic E-state index is 0.368. The highest BCUT2D eigenvalue weighted by molar-refractivity contribution is 5.30. The van der Waals surface area contributed by atoms with Crippen LogP contribution in [0.25, 0.3) is 0 Å². The number of rotatable bonds is 6. The summed E-state index contributed by atoms with van der Waals surface area (Å²) in [4.78, 5) is 2.18. The van der Waals surface area contributed by atoms with Crippen LogP contribution in [-0.4, -0.2) is 38.2 Å². The topological polar surface area (TPSA) is 38.5 Å². The van der Waals surface area contributed by atoms with E-state index >= 15 is 0 Å². The number of likely N-dealkylation sites (N-methyl/N-ethyl adjacent to an activating group) is 1. The van der Waals surface area contributed by atoms with Crippen LogP contribution in [-0.2, 0) is 0 Å². The first-order chi connectivity index (χ1) is 8.10. The van der Waals surface area contributed by atoms with E-state index < -0.39 is 0 Å². The van der Waals surface area contributed by atoms with Crippen molar-refractivity contribution in [2.45, 2.75) is 25.8 Å². The van der Waals surface area contributed by atoms with E-state index in [-0.39, 0.29) is 0 Å². The Hall–Kier alpha value is -1.06. The molecule has 0 aliphatic rings. The Labute approximate surface area is 105 Å². The van der Waals surface area contributed by atoms with Gasteiger partial charge in [0, 0.05) is 12.6 Å². The van der Waals surface area contributed by atoms with Gasteiger partial charge in [-0.15, -0.1) is 0 Å². The standard InChI is InChI=1S/C14H24N2O/c1-5-17-13-8-6-12(7-9-13)11(2)14(10-15)16(3)4/h6-9,11,14H,5,10,15H2,1-4H3. The summed E-state index contributed by atoms with van der Waals surface area (Å²) in [5.41, 5.74) is 7.13. The number of hydrogen-bond donors (Lipinski definition) is 1. The predicted octanol–water partition coefficient (Wildman–Crippen LogP) is 2.08. The highest BCUT2D eigenvalue weighted by Gasteiger charge is 2.19. The number of benzene rings is 1. The molecule has 1 rings (SSSR count). The number of ether oxygens (including phenoxy) is 1. The SMILES string of the molecule is CCOc1ccc(C(C)C(CN)N(C)C)cc1. The van der Waals surface area contributed by atoms with E-state index in [1.54, 1.807) is 0 Å². The molecule has 0 fully saturated rings. The molecule has 0 aliphatic heterocycles. The first-order valence-corrected chi connectivity index (χ1v) is 6.19. The van der Waals surface area contributed by atoms with Gasteiger partial charge in [0.1, 0.15) is 5.75 Å². The number of hydrogen-bond acceptors (Lipinski definition) is 3. The summed E-state index contributed by atoms with van der Waals surface area (Å²) < 4.78 is 5.44. The fourth-order valence-corrected chi connectivity index (χ4v) is 2.12. The molecule has 3 heteroatoms. The van der Waals surface area contributed by atoms with Gasteiger partial charge in [-0.3, -0.25) is 0 Å². The van der Waals surface area contributed by atoms with Gasteiger partial charge in [0.05, 0.1) is 6.61 Å². The molecule has 1 aromatic rings. The summed E-state index contributed by atoms with van der Waals surface area (Å²) in [6.07, 6.45) is 0. The maximum absolute atomic E-state index is 5.82. The second-order valence-electron chi connectivity index (χ2n) is 4.56. The first-order valence-electron chi connectivity index (χ1n) is 6.19. The molecule has 0 bridgehead atoms. The Kier molecular flexibility index (Phi) is 5.45. The Morgan fingerprint density at radius 1 is 1.24 bits per heavy atom. The second-order valence-corrected chi connectivity index (χ2v) is 4.56. The average Bonchev–Trinajstić information content (AvgIpc) is 2.30. The van der Waals surface area contributed by atoms with Gasteiger partial charge in [0.2, 0.25) is 0 Å². The van der Waals surface area contributed by atoms with Crippen LogP contribution in [0.1, 0.15) is 25.3 Å². The van der Waals surface area contributed by atoms with Crippen molar-refractivity contribution in [1.82, 2.24) is 4.90 Å². The molecule has 0 saturated heterocycles. The van der Waals surface area contributed by atoms with Crippen LogP contribution < -0.4 is 10.5 Å². The van der Waals surface area contributed by atoms with Crippen LogP contribution in [0.15, 0.2) is 24.3 Å². The van der Waals surface area contributed by atoms with Crippen LogP contribution >= 0.6 is 0 Å². The van der Waals surface area contributed by atoms with Crippen molar-refractivity contribution in [2.75, 3.05) is 27.2 Å². The summed E-state index contributed by atoms with van der Waals surface area (Å²) in [6, 6.07) is 8.67. The molecule has 0 saturated carbocycles. The van der Waals surface area contributed by atoms with E-state index in [0.29, 0.717) is 25.1 Å². The van der Waals surface area contributed by atoms with E-state index in [9.17, 15) is 0 Å². The average molecular weight is 236 g/mol. The lowest BCUT2D eigenvalue weighted by molar-refractivity contribution is 0.266. The Morgan fingerprint density at radius 3 is 2.24 bits per heavy atom. The molecule has 0 heterocycles. The number of nitrogens with two attached hydrogens (primary N) is 1. The van der Waals surface area contributed by atoms with E-state index in [1.807, 2.05) is 19.1 Å². The zero-order valence-corrected chi connectivity index (χ0v) is 11.3. The van der Waals surface area contributed by atoms with Gasteiger partial charge in [0.25, 0.3) is 0 Å². The maximum atomic E-state index is 5.82. The van der Waals surface area contributed by atoms with Gasteiger partial charge in [-0.25, -0.2) is 0 Å². The second kappa shape index (κ2) is 6.62. The van der Waals surface area contributed by atoms with Crippen LogP contribution in [0.5, 0.6) is 5.75 Å². The third-order valence-electron chi connectivity index (χ3n) is 3.20. The molecule has 0 spiro atoms. The maximum Gasteiger partial charge on any atom is 0.119 e. The minimum Gasteiger partial charge on any atom is -0.494 e. The van der Waals surface area contributed by atoms with E-state index in [4.69, 9.17) is 10.5 Å². The predicted molar refractivity (Wildman–Crippen MR) is 72.6 cm³/mol. The van der Waals surface area contributed by atoms with Crippen molar-refractivity contribution in [3.05, 3.63) is 29.8 Å². The van der Waals surface area contributed by atoms with Gasteiger partial charge < -0.3 is 15.4 Å².